The molecule has 0 unspecified atom stereocenters. The molecule has 1 aliphatic heterocycles. The number of anilines is 1. The number of esters is 1. The maximum Gasteiger partial charge on any atom is 0.316 e. The highest BCUT2D eigenvalue weighted by Gasteiger charge is 2.36. The number of halogens is 1. The van der Waals surface area contributed by atoms with E-state index in [4.69, 9.17) is 16.3 Å². The lowest BCUT2D eigenvalue weighted by atomic mass is 10.1. The molecule has 4 rings (SSSR count). The zero-order chi connectivity index (χ0) is 20.4. The van der Waals surface area contributed by atoms with Crippen molar-refractivity contribution in [2.45, 2.75) is 13.3 Å². The summed E-state index contributed by atoms with van der Waals surface area (Å²) in [6.45, 7) is 2.19. The van der Waals surface area contributed by atoms with E-state index in [2.05, 4.69) is 0 Å². The van der Waals surface area contributed by atoms with Crippen molar-refractivity contribution < 1.29 is 14.3 Å². The third kappa shape index (κ3) is 4.17. The van der Waals surface area contributed by atoms with E-state index in [9.17, 15) is 9.59 Å². The highest BCUT2D eigenvalue weighted by Crippen LogP contribution is 2.30. The van der Waals surface area contributed by atoms with Crippen LogP contribution in [-0.2, 0) is 9.59 Å². The third-order valence-electron chi connectivity index (χ3n) is 5.11. The molecule has 0 aliphatic carbocycles. The first-order valence-corrected chi connectivity index (χ1v) is 9.83. The summed E-state index contributed by atoms with van der Waals surface area (Å²) in [6, 6.07) is 22.8. The highest BCUT2D eigenvalue weighted by molar-refractivity contribution is 6.31. The summed E-state index contributed by atoms with van der Waals surface area (Å²) >= 11 is 6.17. The van der Waals surface area contributed by atoms with E-state index < -0.39 is 11.9 Å². The van der Waals surface area contributed by atoms with Crippen molar-refractivity contribution in [3.8, 4) is 16.9 Å². The summed E-state index contributed by atoms with van der Waals surface area (Å²) in [5.74, 6) is -0.534. The molecule has 0 aromatic heterocycles. The van der Waals surface area contributed by atoms with Crippen LogP contribution in [0.2, 0.25) is 5.02 Å². The van der Waals surface area contributed by atoms with Gasteiger partial charge in [-0.3, -0.25) is 9.59 Å². The minimum atomic E-state index is -0.503. The number of benzene rings is 3. The molecule has 29 heavy (non-hydrogen) atoms. The smallest absolute Gasteiger partial charge is 0.316 e. The Labute approximate surface area is 174 Å². The Morgan fingerprint density at radius 2 is 1.69 bits per heavy atom. The zero-order valence-electron chi connectivity index (χ0n) is 16.0. The Bertz CT molecular complexity index is 1050. The predicted octanol–water partition coefficient (Wildman–Crippen LogP) is 5.27. The quantitative estimate of drug-likeness (QED) is 0.438. The fraction of sp³-hybridized carbons (Fsp3) is 0.167. The summed E-state index contributed by atoms with van der Waals surface area (Å²) < 4.78 is 5.52. The Morgan fingerprint density at radius 3 is 2.38 bits per heavy atom. The molecule has 5 heteroatoms. The van der Waals surface area contributed by atoms with Crippen molar-refractivity contribution in [3.05, 3.63) is 83.4 Å². The predicted molar refractivity (Wildman–Crippen MR) is 114 cm³/mol. The molecule has 0 radical (unpaired) electrons. The van der Waals surface area contributed by atoms with Gasteiger partial charge in [0, 0.05) is 23.7 Å². The average Bonchev–Trinajstić information content (AvgIpc) is 3.13. The summed E-state index contributed by atoms with van der Waals surface area (Å²) in [4.78, 5) is 26.6. The standard InChI is InChI=1S/C24H20ClNO3/c1-16-7-10-20(14-22(16)25)26-15-19(13-23(26)27)24(28)29-21-11-8-18(9-12-21)17-5-3-2-4-6-17/h2-12,14,19H,13,15H2,1H3/t19-/m1/s1. The normalized spacial score (nSPS) is 16.1. The van der Waals surface area contributed by atoms with Gasteiger partial charge in [-0.05, 0) is 47.9 Å². The summed E-state index contributed by atoms with van der Waals surface area (Å²) in [5.41, 5.74) is 3.79. The van der Waals surface area contributed by atoms with Crippen LogP contribution in [0.1, 0.15) is 12.0 Å². The lowest BCUT2D eigenvalue weighted by molar-refractivity contribution is -0.139. The number of nitrogens with zero attached hydrogens (tertiary/aromatic N) is 1. The van der Waals surface area contributed by atoms with Crippen molar-refractivity contribution in [2.75, 3.05) is 11.4 Å². The van der Waals surface area contributed by atoms with Gasteiger partial charge in [0.25, 0.3) is 0 Å². The molecule has 0 bridgehead atoms. The first-order valence-electron chi connectivity index (χ1n) is 9.45. The van der Waals surface area contributed by atoms with Gasteiger partial charge in [-0.1, -0.05) is 60.1 Å². The van der Waals surface area contributed by atoms with Gasteiger partial charge in [0.05, 0.1) is 5.92 Å². The topological polar surface area (TPSA) is 46.6 Å². The van der Waals surface area contributed by atoms with E-state index in [0.29, 0.717) is 23.0 Å². The second-order valence-electron chi connectivity index (χ2n) is 7.15. The molecule has 1 amide bonds. The number of carbonyl (C=O) groups excluding carboxylic acids is 2. The van der Waals surface area contributed by atoms with Crippen LogP contribution in [0, 0.1) is 12.8 Å². The van der Waals surface area contributed by atoms with Crippen LogP contribution >= 0.6 is 11.6 Å². The number of aryl methyl sites for hydroxylation is 1. The van der Waals surface area contributed by atoms with Crippen LogP contribution in [0.15, 0.2) is 72.8 Å². The summed E-state index contributed by atoms with van der Waals surface area (Å²) in [5, 5.41) is 0.597. The Kier molecular flexibility index (Phi) is 5.36. The number of carbonyl (C=O) groups is 2. The van der Waals surface area contributed by atoms with Gasteiger partial charge in [0.1, 0.15) is 5.75 Å². The number of amides is 1. The molecule has 3 aromatic rings. The minimum Gasteiger partial charge on any atom is -0.426 e. The van der Waals surface area contributed by atoms with Gasteiger partial charge >= 0.3 is 5.97 Å². The van der Waals surface area contributed by atoms with Gasteiger partial charge in [0.2, 0.25) is 5.91 Å². The molecule has 0 saturated carbocycles. The number of hydrogen-bond donors (Lipinski definition) is 0. The highest BCUT2D eigenvalue weighted by atomic mass is 35.5. The molecule has 146 valence electrons. The van der Waals surface area contributed by atoms with Crippen LogP contribution in [0.3, 0.4) is 0 Å². The van der Waals surface area contributed by atoms with E-state index in [0.717, 1.165) is 16.7 Å². The van der Waals surface area contributed by atoms with E-state index in [1.54, 1.807) is 23.1 Å². The second kappa shape index (κ2) is 8.10. The van der Waals surface area contributed by atoms with Crippen molar-refractivity contribution in [1.29, 1.82) is 0 Å². The first kappa shape index (κ1) is 19.2. The maximum absolute atomic E-state index is 12.6. The van der Waals surface area contributed by atoms with Gasteiger partial charge in [0.15, 0.2) is 0 Å². The van der Waals surface area contributed by atoms with Crippen LogP contribution < -0.4 is 9.64 Å². The second-order valence-corrected chi connectivity index (χ2v) is 7.56. The van der Waals surface area contributed by atoms with Gasteiger partial charge in [-0.25, -0.2) is 0 Å². The van der Waals surface area contributed by atoms with E-state index in [-0.39, 0.29) is 12.3 Å². The van der Waals surface area contributed by atoms with Crippen molar-refractivity contribution in [1.82, 2.24) is 0 Å². The molecule has 1 atom stereocenters. The SMILES string of the molecule is Cc1ccc(N2C[C@H](C(=O)Oc3ccc(-c4ccccc4)cc3)CC2=O)cc1Cl. The molecule has 0 N–H and O–H groups in total. The average molecular weight is 406 g/mol. The van der Waals surface area contributed by atoms with Crippen molar-refractivity contribution in [2.24, 2.45) is 5.92 Å². The molecule has 4 nitrogen and oxygen atoms in total. The van der Waals surface area contributed by atoms with Gasteiger partial charge in [-0.15, -0.1) is 0 Å². The van der Waals surface area contributed by atoms with Crippen LogP contribution in [0.4, 0.5) is 5.69 Å². The van der Waals surface area contributed by atoms with E-state index in [1.165, 1.54) is 0 Å². The Hall–Kier alpha value is -3.11. The number of rotatable bonds is 4. The molecule has 3 aromatic carbocycles. The summed E-state index contributed by atoms with van der Waals surface area (Å²) in [6.07, 6.45) is 0.131. The van der Waals surface area contributed by atoms with Gasteiger partial charge < -0.3 is 9.64 Å². The zero-order valence-corrected chi connectivity index (χ0v) is 16.7. The van der Waals surface area contributed by atoms with Crippen molar-refractivity contribution >= 4 is 29.2 Å². The fourth-order valence-electron chi connectivity index (χ4n) is 3.41. The fourth-order valence-corrected chi connectivity index (χ4v) is 3.58. The Morgan fingerprint density at radius 1 is 1.00 bits per heavy atom. The molecule has 1 heterocycles. The maximum atomic E-state index is 12.6. The van der Waals surface area contributed by atoms with E-state index >= 15 is 0 Å². The largest absolute Gasteiger partial charge is 0.426 e. The molecule has 1 fully saturated rings. The summed E-state index contributed by atoms with van der Waals surface area (Å²) in [7, 11) is 0. The number of hydrogen-bond acceptors (Lipinski definition) is 3. The third-order valence-corrected chi connectivity index (χ3v) is 5.51. The molecular weight excluding hydrogens is 386 g/mol. The molecular formula is C24H20ClNO3. The molecule has 1 saturated heterocycles. The monoisotopic (exact) mass is 405 g/mol. The van der Waals surface area contributed by atoms with E-state index in [1.807, 2.05) is 61.5 Å². The van der Waals surface area contributed by atoms with Gasteiger partial charge in [-0.2, -0.15) is 0 Å². The Balaban J connectivity index is 1.42. The lowest BCUT2D eigenvalue weighted by Gasteiger charge is -2.17. The van der Waals surface area contributed by atoms with Crippen LogP contribution in [0.25, 0.3) is 11.1 Å². The van der Waals surface area contributed by atoms with Crippen LogP contribution in [0.5, 0.6) is 5.75 Å². The molecule has 1 aliphatic rings. The molecule has 0 spiro atoms. The van der Waals surface area contributed by atoms with Crippen molar-refractivity contribution in [3.63, 3.8) is 0 Å². The lowest BCUT2D eigenvalue weighted by Crippen LogP contribution is -2.27. The first-order chi connectivity index (χ1) is 14.0. The van der Waals surface area contributed by atoms with Crippen LogP contribution in [-0.4, -0.2) is 18.4 Å². The number of ether oxygens (including phenoxy) is 1. The minimum absolute atomic E-state index is 0.105.